The first-order valence-corrected chi connectivity index (χ1v) is 29.4. The third kappa shape index (κ3) is 10.4. The van der Waals surface area contributed by atoms with E-state index in [1.807, 2.05) is 0 Å². The molecule has 0 radical (unpaired) electrons. The highest BCUT2D eigenvalue weighted by Gasteiger charge is 2.70. The molecule has 0 aromatic rings. The van der Waals surface area contributed by atoms with Crippen molar-refractivity contribution in [2.24, 2.45) is 50.2 Å². The van der Waals surface area contributed by atoms with E-state index in [2.05, 4.69) is 54.5 Å². The van der Waals surface area contributed by atoms with Gasteiger partial charge >= 0.3 is 5.97 Å². The fraction of sp³-hybridized carbons (Fsp3) is 0.947. The van der Waals surface area contributed by atoms with Crippen LogP contribution in [0.3, 0.4) is 0 Å². The van der Waals surface area contributed by atoms with E-state index in [9.17, 15) is 66.4 Å². The van der Waals surface area contributed by atoms with Crippen molar-refractivity contribution in [3.8, 4) is 0 Å². The molecule has 81 heavy (non-hydrogen) atoms. The van der Waals surface area contributed by atoms with Gasteiger partial charge in [0.2, 0.25) is 6.29 Å². The van der Waals surface area contributed by atoms with Crippen molar-refractivity contribution in [1.29, 1.82) is 0 Å². The van der Waals surface area contributed by atoms with E-state index >= 15 is 4.79 Å². The SMILES string of the molecule is C[C@@H]1O[C@@H](O[C@H]2[C@H](O[C@H]3CC[C@]4(C)[C@H]5CC=C6[C@@H]7CC(C)(C)CC[C@]7(C(=O)O[C@@H]7O[C@H](CO[C@@H]8OC[C@H](O[C@@H]9OC[C@](O)(CO)[C@H]9O)[C@H](O)[C@H]8O)[C@@H](O)[C@H](O)[C@H]7O)CC[C@@]6(C)[C@]5(C)CC[C@H]4C3(C)C)OC[C@H](O)[C@@H]2O)[C@H](O)[C@H](O)[C@H]1O. The largest absolute Gasteiger partial charge is 0.432 e. The standard InChI is InChI=1S/C57H92O24/c1-25-34(60)38(64)41(67)46(76-25)80-43-35(61)28(59)20-72-48(43)79-33-12-13-53(6)31(52(33,4)5)11-14-55(8)32(53)10-9-26-27-19-51(2,3)15-17-56(27,18-16-54(26,55)7)50(70)81-47-42(68)39(65)36(62)29(77-47)21-73-45-40(66)37(63)30(22-74-45)78-49-44(69)57(71,23-58)24-75-49/h9,25,27-49,58-69,71H,10-24H2,1-8H3/t25-,27-,28-,29+,30-,31-,32+,33-,34-,35-,36+,37-,38+,39-,40+,41+,42+,43+,44-,45+,46-,47-,48-,49-,53-,54+,55+,56-,57+/m0/s1. The first-order valence-electron chi connectivity index (χ1n) is 29.4. The Morgan fingerprint density at radius 3 is 2.01 bits per heavy atom. The van der Waals surface area contributed by atoms with Gasteiger partial charge in [-0.1, -0.05) is 60.1 Å². The molecule has 10 aliphatic rings. The zero-order chi connectivity index (χ0) is 58.9. The number of allylic oxidation sites excluding steroid dienone is 2. The molecular formula is C57H92O24. The lowest BCUT2D eigenvalue weighted by molar-refractivity contribution is -0.364. The molecule has 13 N–H and O–H groups in total. The summed E-state index contributed by atoms with van der Waals surface area (Å²) in [5, 5.41) is 139. The van der Waals surface area contributed by atoms with E-state index in [1.54, 1.807) is 0 Å². The monoisotopic (exact) mass is 1160 g/mol. The van der Waals surface area contributed by atoms with Crippen LogP contribution in [0.25, 0.3) is 0 Å². The molecule has 24 nitrogen and oxygen atoms in total. The molecule has 0 spiro atoms. The Hall–Kier alpha value is -1.67. The second-order valence-electron chi connectivity index (χ2n) is 27.9. The van der Waals surface area contributed by atoms with Crippen LogP contribution in [-0.4, -0.2) is 240 Å². The minimum absolute atomic E-state index is 0.130. The van der Waals surface area contributed by atoms with Gasteiger partial charge in [0.25, 0.3) is 0 Å². The summed E-state index contributed by atoms with van der Waals surface area (Å²) in [6, 6.07) is 0. The highest BCUT2D eigenvalue weighted by molar-refractivity contribution is 5.79. The topological polar surface area (TPSA) is 372 Å². The number of hydrogen-bond donors (Lipinski definition) is 13. The van der Waals surface area contributed by atoms with E-state index in [4.69, 9.17) is 47.4 Å². The summed E-state index contributed by atoms with van der Waals surface area (Å²) in [4.78, 5) is 15.2. The number of aliphatic hydroxyl groups excluding tert-OH is 12. The third-order valence-corrected chi connectivity index (χ3v) is 22.5. The Labute approximate surface area is 472 Å². The zero-order valence-electron chi connectivity index (χ0n) is 47.8. The van der Waals surface area contributed by atoms with Gasteiger partial charge in [0.1, 0.15) is 91.1 Å². The summed E-state index contributed by atoms with van der Waals surface area (Å²) >= 11 is 0. The van der Waals surface area contributed by atoms with Crippen molar-refractivity contribution in [1.82, 2.24) is 0 Å². The zero-order valence-corrected chi connectivity index (χ0v) is 47.8. The molecule has 24 heteroatoms. The average Bonchev–Trinajstić information content (AvgIpc) is 3.27. The molecule has 10 rings (SSSR count). The smallest absolute Gasteiger partial charge is 0.315 e. The Kier molecular flexibility index (Phi) is 17.3. The quantitative estimate of drug-likeness (QED) is 0.0616. The minimum Gasteiger partial charge on any atom is -0.432 e. The molecule has 0 aromatic carbocycles. The normalized spacial score (nSPS) is 54.2. The maximum Gasteiger partial charge on any atom is 0.315 e. The molecule has 9 fully saturated rings. The maximum atomic E-state index is 15.2. The van der Waals surface area contributed by atoms with E-state index in [0.29, 0.717) is 32.1 Å². The Morgan fingerprint density at radius 2 is 1.31 bits per heavy atom. The van der Waals surface area contributed by atoms with Crippen molar-refractivity contribution in [2.45, 2.75) is 254 Å². The fourth-order valence-electron chi connectivity index (χ4n) is 17.0. The molecule has 0 amide bonds. The average molecular weight is 1160 g/mol. The molecule has 0 unspecified atom stereocenters. The second-order valence-corrected chi connectivity index (χ2v) is 27.9. The van der Waals surface area contributed by atoms with Gasteiger partial charge < -0.3 is 114 Å². The van der Waals surface area contributed by atoms with Crippen LogP contribution >= 0.6 is 0 Å². The number of rotatable bonds is 12. The maximum absolute atomic E-state index is 15.2. The van der Waals surface area contributed by atoms with Crippen LogP contribution in [0, 0.1) is 50.2 Å². The summed E-state index contributed by atoms with van der Waals surface area (Å²) in [7, 11) is 0. The number of hydrogen-bond acceptors (Lipinski definition) is 24. The molecule has 5 heterocycles. The predicted octanol–water partition coefficient (Wildman–Crippen LogP) is -1.26. The third-order valence-electron chi connectivity index (χ3n) is 22.5. The number of ether oxygens (including phenoxy) is 10. The first kappa shape index (κ1) is 62.4. The predicted molar refractivity (Wildman–Crippen MR) is 276 cm³/mol. The van der Waals surface area contributed by atoms with Crippen LogP contribution in [0.4, 0.5) is 0 Å². The van der Waals surface area contributed by atoms with E-state index in [0.717, 1.165) is 32.1 Å². The number of fused-ring (bicyclic) bond motifs is 7. The molecule has 5 saturated heterocycles. The highest BCUT2D eigenvalue weighted by Crippen LogP contribution is 2.76. The van der Waals surface area contributed by atoms with Gasteiger partial charge in [-0.3, -0.25) is 4.79 Å². The summed E-state index contributed by atoms with van der Waals surface area (Å²) in [5.74, 6) is -0.369. The van der Waals surface area contributed by atoms with Gasteiger partial charge in [-0.15, -0.1) is 0 Å². The molecule has 5 aliphatic heterocycles. The summed E-state index contributed by atoms with van der Waals surface area (Å²) < 4.78 is 59.1. The Balaban J connectivity index is 0.819. The van der Waals surface area contributed by atoms with Crippen LogP contribution in [0.5, 0.6) is 0 Å². The van der Waals surface area contributed by atoms with Gasteiger partial charge in [-0.2, -0.15) is 0 Å². The number of carbonyl (C=O) groups is 1. The van der Waals surface area contributed by atoms with E-state index < -0.39 is 165 Å². The summed E-state index contributed by atoms with van der Waals surface area (Å²) in [6.07, 6.45) is -20.8. The Morgan fingerprint density at radius 1 is 0.642 bits per heavy atom. The van der Waals surface area contributed by atoms with Gasteiger partial charge in [0, 0.05) is 0 Å². The van der Waals surface area contributed by atoms with Crippen LogP contribution in [0.2, 0.25) is 0 Å². The van der Waals surface area contributed by atoms with Crippen molar-refractivity contribution in [3.05, 3.63) is 11.6 Å². The molecule has 5 aliphatic carbocycles. The number of carbonyl (C=O) groups excluding carboxylic acids is 1. The lowest BCUT2D eigenvalue weighted by Crippen LogP contribution is -2.66. The van der Waals surface area contributed by atoms with Crippen LogP contribution in [0.15, 0.2) is 11.6 Å². The van der Waals surface area contributed by atoms with Crippen molar-refractivity contribution < 1.29 is 119 Å². The van der Waals surface area contributed by atoms with Gasteiger partial charge in [-0.05, 0) is 116 Å². The molecule has 29 atom stereocenters. The highest BCUT2D eigenvalue weighted by atomic mass is 16.8. The summed E-state index contributed by atoms with van der Waals surface area (Å²) in [5.41, 5.74) is -2.97. The van der Waals surface area contributed by atoms with E-state index in [1.165, 1.54) is 12.5 Å². The lowest BCUT2D eigenvalue weighted by atomic mass is 9.33. The fourth-order valence-corrected chi connectivity index (χ4v) is 17.0. The van der Waals surface area contributed by atoms with Crippen LogP contribution < -0.4 is 0 Å². The second kappa shape index (κ2) is 22.5. The van der Waals surface area contributed by atoms with E-state index in [-0.39, 0.29) is 58.7 Å². The minimum atomic E-state index is -1.99. The van der Waals surface area contributed by atoms with Crippen molar-refractivity contribution in [2.75, 3.05) is 33.0 Å². The first-order chi connectivity index (χ1) is 37.9. The van der Waals surface area contributed by atoms with Gasteiger partial charge in [0.05, 0.1) is 50.7 Å². The molecule has 0 bridgehead atoms. The number of esters is 1. The van der Waals surface area contributed by atoms with Gasteiger partial charge in [0.15, 0.2) is 25.2 Å². The van der Waals surface area contributed by atoms with Crippen molar-refractivity contribution >= 4 is 5.97 Å². The number of aliphatic hydroxyl groups is 13. The molecule has 464 valence electrons. The lowest BCUT2D eigenvalue weighted by Gasteiger charge is -2.71. The van der Waals surface area contributed by atoms with Crippen LogP contribution in [0.1, 0.15) is 120 Å². The molecular weight excluding hydrogens is 1070 g/mol. The summed E-state index contributed by atoms with van der Waals surface area (Å²) in [6.45, 7) is 15.2. The Bertz CT molecular complexity index is 2270. The molecule has 0 aromatic heterocycles. The van der Waals surface area contributed by atoms with Gasteiger partial charge in [-0.25, -0.2) is 0 Å². The molecule has 4 saturated carbocycles. The van der Waals surface area contributed by atoms with Crippen molar-refractivity contribution in [3.63, 3.8) is 0 Å². The van der Waals surface area contributed by atoms with Crippen LogP contribution in [-0.2, 0) is 52.2 Å².